The van der Waals surface area contributed by atoms with E-state index in [1.165, 1.54) is 0 Å². The number of hydrogen-bond donors (Lipinski definition) is 1. The van der Waals surface area contributed by atoms with Crippen LogP contribution in [0.15, 0.2) is 38.9 Å². The van der Waals surface area contributed by atoms with E-state index in [0.29, 0.717) is 6.42 Å². The molecular weight excluding hydrogens is 276 g/mol. The first-order valence-corrected chi connectivity index (χ1v) is 6.24. The third kappa shape index (κ3) is 2.33. The van der Waals surface area contributed by atoms with Crippen molar-refractivity contribution in [2.24, 2.45) is 0 Å². The zero-order valence-corrected chi connectivity index (χ0v) is 10.6. The Bertz CT molecular complexity index is 431. The summed E-state index contributed by atoms with van der Waals surface area (Å²) in [5, 5.41) is 12.3. The molecule has 0 fully saturated rings. The molecule has 0 bridgehead atoms. The predicted octanol–water partition coefficient (Wildman–Crippen LogP) is 3.55. The van der Waals surface area contributed by atoms with Crippen molar-refractivity contribution in [3.63, 3.8) is 0 Å². The van der Waals surface area contributed by atoms with Crippen LogP contribution in [-0.2, 0) is 12.0 Å². The summed E-state index contributed by atoms with van der Waals surface area (Å²) in [5.74, 6) is 0. The summed E-state index contributed by atoms with van der Waals surface area (Å²) >= 11 is 5.09. The lowest BCUT2D eigenvalue weighted by molar-refractivity contribution is 0.0577. The van der Waals surface area contributed by atoms with Crippen LogP contribution in [-0.4, -0.2) is 5.11 Å². The quantitative estimate of drug-likeness (QED) is 0.936. The van der Waals surface area contributed by atoms with Gasteiger partial charge in [0.2, 0.25) is 0 Å². The van der Waals surface area contributed by atoms with Crippen LogP contribution >= 0.6 is 27.3 Å². The first-order chi connectivity index (χ1) is 7.09. The van der Waals surface area contributed by atoms with Crippen molar-refractivity contribution < 1.29 is 9.52 Å². The number of hydrogen-bond acceptors (Lipinski definition) is 3. The Labute approximate surface area is 101 Å². The molecule has 2 rings (SSSR count). The lowest BCUT2D eigenvalue weighted by Gasteiger charge is -2.21. The lowest BCUT2D eigenvalue weighted by atomic mass is 9.94. The minimum absolute atomic E-state index is 0.588. The van der Waals surface area contributed by atoms with Gasteiger partial charge in [-0.2, -0.15) is 0 Å². The Morgan fingerprint density at radius 2 is 2.33 bits per heavy atom. The minimum atomic E-state index is -0.875. The van der Waals surface area contributed by atoms with E-state index >= 15 is 0 Å². The van der Waals surface area contributed by atoms with Gasteiger partial charge < -0.3 is 9.52 Å². The van der Waals surface area contributed by atoms with Crippen molar-refractivity contribution in [3.8, 4) is 0 Å². The average molecular weight is 287 g/mol. The van der Waals surface area contributed by atoms with E-state index in [1.54, 1.807) is 36.9 Å². The number of furan rings is 1. The fourth-order valence-electron chi connectivity index (χ4n) is 1.44. The van der Waals surface area contributed by atoms with Gasteiger partial charge in [0.05, 0.1) is 18.1 Å². The van der Waals surface area contributed by atoms with E-state index in [2.05, 4.69) is 15.9 Å². The molecule has 2 aromatic heterocycles. The number of aliphatic hydroxyl groups is 1. The Morgan fingerprint density at radius 3 is 2.87 bits per heavy atom. The van der Waals surface area contributed by atoms with Crippen molar-refractivity contribution >= 4 is 27.3 Å². The maximum atomic E-state index is 10.3. The largest absolute Gasteiger partial charge is 0.472 e. The van der Waals surface area contributed by atoms with Crippen LogP contribution in [0.25, 0.3) is 0 Å². The van der Waals surface area contributed by atoms with Gasteiger partial charge >= 0.3 is 0 Å². The van der Waals surface area contributed by atoms with E-state index in [0.717, 1.165) is 14.9 Å². The molecule has 1 atom stereocenters. The maximum Gasteiger partial charge on any atom is 0.0963 e. The van der Waals surface area contributed by atoms with Crippen LogP contribution in [0.5, 0.6) is 0 Å². The molecule has 0 radical (unpaired) electrons. The van der Waals surface area contributed by atoms with Gasteiger partial charge in [-0.1, -0.05) is 0 Å². The second-order valence-corrected chi connectivity index (χ2v) is 5.51. The summed E-state index contributed by atoms with van der Waals surface area (Å²) in [7, 11) is 0. The summed E-state index contributed by atoms with van der Waals surface area (Å²) in [4.78, 5) is 1.14. The Kier molecular flexibility index (Phi) is 3.00. The molecule has 2 nitrogen and oxygen atoms in total. The summed E-state index contributed by atoms with van der Waals surface area (Å²) in [6.45, 7) is 1.80. The second kappa shape index (κ2) is 4.12. The first kappa shape index (κ1) is 10.9. The summed E-state index contributed by atoms with van der Waals surface area (Å²) in [5.41, 5.74) is -0.0665. The zero-order valence-electron chi connectivity index (χ0n) is 8.24. The average Bonchev–Trinajstić information content (AvgIpc) is 2.77. The molecule has 80 valence electrons. The molecular formula is C11H11BrO2S. The standard InChI is InChI=1S/C11H11BrO2S/c1-11(13,8-2-4-14-7-8)6-10-9(12)3-5-15-10/h2-5,7,13H,6H2,1H3. The maximum absolute atomic E-state index is 10.3. The van der Waals surface area contributed by atoms with Crippen LogP contribution < -0.4 is 0 Å². The molecule has 0 amide bonds. The SMILES string of the molecule is CC(O)(Cc1sccc1Br)c1ccoc1. The molecule has 2 heterocycles. The van der Waals surface area contributed by atoms with Gasteiger partial charge in [-0.05, 0) is 40.4 Å². The molecule has 0 aliphatic rings. The highest BCUT2D eigenvalue weighted by Gasteiger charge is 2.26. The first-order valence-electron chi connectivity index (χ1n) is 4.56. The van der Waals surface area contributed by atoms with Crippen molar-refractivity contribution in [2.75, 3.05) is 0 Å². The fraction of sp³-hybridized carbons (Fsp3) is 0.273. The Hall–Kier alpha value is -0.580. The van der Waals surface area contributed by atoms with Crippen LogP contribution in [0.1, 0.15) is 17.4 Å². The van der Waals surface area contributed by atoms with Crippen LogP contribution in [0.3, 0.4) is 0 Å². The van der Waals surface area contributed by atoms with Gasteiger partial charge in [0.25, 0.3) is 0 Å². The fourth-order valence-corrected chi connectivity index (χ4v) is 3.08. The van der Waals surface area contributed by atoms with Crippen LogP contribution in [0.2, 0.25) is 0 Å². The smallest absolute Gasteiger partial charge is 0.0963 e. The molecule has 15 heavy (non-hydrogen) atoms. The molecule has 0 aromatic carbocycles. The molecule has 0 saturated carbocycles. The molecule has 4 heteroatoms. The number of halogens is 1. The molecule has 1 unspecified atom stereocenters. The highest BCUT2D eigenvalue weighted by Crippen LogP contribution is 2.31. The molecule has 1 N–H and O–H groups in total. The topological polar surface area (TPSA) is 33.4 Å². The van der Waals surface area contributed by atoms with Gasteiger partial charge in [0, 0.05) is 21.3 Å². The van der Waals surface area contributed by atoms with Gasteiger partial charge in [0.15, 0.2) is 0 Å². The van der Waals surface area contributed by atoms with Crippen LogP contribution in [0, 0.1) is 0 Å². The molecule has 2 aromatic rings. The predicted molar refractivity (Wildman–Crippen MR) is 64.0 cm³/mol. The van der Waals surface area contributed by atoms with Gasteiger partial charge in [0.1, 0.15) is 0 Å². The highest BCUT2D eigenvalue weighted by molar-refractivity contribution is 9.10. The monoisotopic (exact) mass is 286 g/mol. The Balaban J connectivity index is 2.22. The van der Waals surface area contributed by atoms with Gasteiger partial charge in [-0.3, -0.25) is 0 Å². The van der Waals surface area contributed by atoms with Gasteiger partial charge in [-0.15, -0.1) is 11.3 Å². The van der Waals surface area contributed by atoms with Crippen molar-refractivity contribution in [2.45, 2.75) is 18.9 Å². The zero-order chi connectivity index (χ0) is 10.9. The van der Waals surface area contributed by atoms with E-state index in [1.807, 2.05) is 11.4 Å². The molecule has 0 aliphatic heterocycles. The van der Waals surface area contributed by atoms with Crippen molar-refractivity contribution in [3.05, 3.63) is 45.0 Å². The normalized spacial score (nSPS) is 15.1. The summed E-state index contributed by atoms with van der Waals surface area (Å²) in [6.07, 6.45) is 3.75. The minimum Gasteiger partial charge on any atom is -0.472 e. The van der Waals surface area contributed by atoms with Crippen molar-refractivity contribution in [1.82, 2.24) is 0 Å². The molecule has 0 saturated heterocycles. The van der Waals surface area contributed by atoms with E-state index < -0.39 is 5.60 Å². The van der Waals surface area contributed by atoms with E-state index in [-0.39, 0.29) is 0 Å². The van der Waals surface area contributed by atoms with Gasteiger partial charge in [-0.25, -0.2) is 0 Å². The molecule has 0 aliphatic carbocycles. The van der Waals surface area contributed by atoms with Crippen molar-refractivity contribution in [1.29, 1.82) is 0 Å². The molecule has 0 spiro atoms. The lowest BCUT2D eigenvalue weighted by Crippen LogP contribution is -2.23. The summed E-state index contributed by atoms with van der Waals surface area (Å²) < 4.78 is 6.03. The Morgan fingerprint density at radius 1 is 1.53 bits per heavy atom. The summed E-state index contributed by atoms with van der Waals surface area (Å²) in [6, 6.07) is 3.78. The third-order valence-corrected chi connectivity index (χ3v) is 4.27. The second-order valence-electron chi connectivity index (χ2n) is 3.65. The van der Waals surface area contributed by atoms with E-state index in [4.69, 9.17) is 4.42 Å². The van der Waals surface area contributed by atoms with E-state index in [9.17, 15) is 5.11 Å². The highest BCUT2D eigenvalue weighted by atomic mass is 79.9. The third-order valence-electron chi connectivity index (χ3n) is 2.34. The number of rotatable bonds is 3. The van der Waals surface area contributed by atoms with Crippen LogP contribution in [0.4, 0.5) is 0 Å². The number of thiophene rings is 1.